The third kappa shape index (κ3) is 8.88. The van der Waals surface area contributed by atoms with Gasteiger partial charge >= 0.3 is 0 Å². The molecule has 0 radical (unpaired) electrons. The van der Waals surface area contributed by atoms with E-state index in [2.05, 4.69) is 0 Å². The summed E-state index contributed by atoms with van der Waals surface area (Å²) in [5.41, 5.74) is 0. The minimum absolute atomic E-state index is 0. The highest BCUT2D eigenvalue weighted by Crippen LogP contribution is 1.80. The Kier molecular flexibility index (Phi) is 8.26. The number of hydrogen-bond donors (Lipinski definition) is 1. The molecule has 1 atom stereocenters. The molecule has 0 amide bonds. The van der Waals surface area contributed by atoms with E-state index in [1.54, 1.807) is 6.92 Å². The second kappa shape index (κ2) is 5.21. The molecule has 3 heteroatoms. The zero-order chi connectivity index (χ0) is 4.28. The molecule has 0 aromatic rings. The second-order valence-corrected chi connectivity index (χ2v) is 1.31. The van der Waals surface area contributed by atoms with Gasteiger partial charge in [0.25, 0.3) is 0 Å². The molecular formula is C3H9ClO2. The van der Waals surface area contributed by atoms with Crippen LogP contribution in [0, 0.1) is 0 Å². The summed E-state index contributed by atoms with van der Waals surface area (Å²) in [6.45, 7) is 1.65. The largest absolute Gasteiger partial charge is 0.412 e. The van der Waals surface area contributed by atoms with Crippen molar-refractivity contribution in [2.45, 2.75) is 13.0 Å². The summed E-state index contributed by atoms with van der Waals surface area (Å²) in [5.74, 6) is 0.333. The van der Waals surface area contributed by atoms with Crippen molar-refractivity contribution in [1.82, 2.24) is 0 Å². The lowest BCUT2D eigenvalue weighted by atomic mass is 10.5. The Bertz CT molecular complexity index is 22.8. The maximum Gasteiger partial charge on any atom is 0.0647 e. The number of alkyl halides is 1. The summed E-state index contributed by atoms with van der Waals surface area (Å²) in [4.78, 5) is 0. The van der Waals surface area contributed by atoms with Crippen LogP contribution in [0.15, 0.2) is 0 Å². The van der Waals surface area contributed by atoms with Crippen molar-refractivity contribution >= 4 is 11.6 Å². The highest BCUT2D eigenvalue weighted by molar-refractivity contribution is 6.18. The summed E-state index contributed by atoms with van der Waals surface area (Å²) >= 11 is 5.09. The van der Waals surface area contributed by atoms with Gasteiger partial charge in [-0.1, -0.05) is 0 Å². The highest BCUT2D eigenvalue weighted by Gasteiger charge is 1.83. The van der Waals surface area contributed by atoms with Crippen LogP contribution in [0.1, 0.15) is 6.92 Å². The Balaban J connectivity index is 0. The van der Waals surface area contributed by atoms with Crippen LogP contribution in [-0.4, -0.2) is 22.6 Å². The van der Waals surface area contributed by atoms with E-state index in [-0.39, 0.29) is 11.6 Å². The first-order valence-corrected chi connectivity index (χ1v) is 2.05. The van der Waals surface area contributed by atoms with E-state index >= 15 is 0 Å². The Morgan fingerprint density at radius 2 is 2.00 bits per heavy atom. The van der Waals surface area contributed by atoms with Crippen LogP contribution in [0.3, 0.4) is 0 Å². The molecule has 0 aliphatic rings. The first-order valence-electron chi connectivity index (χ1n) is 1.51. The fourth-order valence-electron chi connectivity index (χ4n) is 0. The molecule has 0 rings (SSSR count). The minimum Gasteiger partial charge on any atom is -0.412 e. The van der Waals surface area contributed by atoms with Gasteiger partial charge in [0.2, 0.25) is 0 Å². The molecule has 3 N–H and O–H groups in total. The smallest absolute Gasteiger partial charge is 0.0647 e. The van der Waals surface area contributed by atoms with Crippen molar-refractivity contribution in [1.29, 1.82) is 0 Å². The summed E-state index contributed by atoms with van der Waals surface area (Å²) in [5, 5.41) is 8.23. The number of aliphatic hydroxyl groups excluding tert-OH is 1. The normalized spacial score (nSPS) is 12.5. The molecular weight excluding hydrogens is 103 g/mol. The van der Waals surface area contributed by atoms with Crippen LogP contribution in [-0.2, 0) is 0 Å². The van der Waals surface area contributed by atoms with E-state index in [0.29, 0.717) is 5.88 Å². The molecule has 0 fully saturated rings. The Morgan fingerprint density at radius 1 is 1.83 bits per heavy atom. The summed E-state index contributed by atoms with van der Waals surface area (Å²) in [6.07, 6.45) is -0.350. The number of aliphatic hydroxyl groups is 1. The predicted molar refractivity (Wildman–Crippen MR) is 26.0 cm³/mol. The molecule has 40 valence electrons. The van der Waals surface area contributed by atoms with Gasteiger partial charge in [-0.05, 0) is 6.92 Å². The standard InChI is InChI=1S/C3H7ClO.H2O/c1-3(5)2-4;/h3,5H,2H2,1H3;1H2. The molecule has 0 spiro atoms. The lowest BCUT2D eigenvalue weighted by molar-refractivity contribution is 0.219. The lowest BCUT2D eigenvalue weighted by Crippen LogP contribution is -1.98. The van der Waals surface area contributed by atoms with Crippen LogP contribution in [0.2, 0.25) is 0 Å². The topological polar surface area (TPSA) is 51.7 Å². The van der Waals surface area contributed by atoms with Gasteiger partial charge in [0, 0.05) is 5.88 Å². The molecule has 0 aromatic heterocycles. The zero-order valence-electron chi connectivity index (χ0n) is 3.61. The molecule has 0 aliphatic heterocycles. The van der Waals surface area contributed by atoms with Gasteiger partial charge in [-0.15, -0.1) is 11.6 Å². The maximum absolute atomic E-state index is 8.23. The average Bonchev–Trinajstić information content (AvgIpc) is 1.38. The number of halogens is 1. The third-order valence-electron chi connectivity index (χ3n) is 0.223. The summed E-state index contributed by atoms with van der Waals surface area (Å²) in [6, 6.07) is 0. The van der Waals surface area contributed by atoms with Gasteiger partial charge in [0.15, 0.2) is 0 Å². The summed E-state index contributed by atoms with van der Waals surface area (Å²) < 4.78 is 0. The average molecular weight is 113 g/mol. The van der Waals surface area contributed by atoms with Crippen LogP contribution < -0.4 is 0 Å². The molecule has 0 saturated carbocycles. The quantitative estimate of drug-likeness (QED) is 0.469. The maximum atomic E-state index is 8.23. The van der Waals surface area contributed by atoms with Gasteiger partial charge in [-0.2, -0.15) is 0 Å². The van der Waals surface area contributed by atoms with E-state index in [4.69, 9.17) is 16.7 Å². The highest BCUT2D eigenvalue weighted by atomic mass is 35.5. The Hall–Kier alpha value is 0.210. The van der Waals surface area contributed by atoms with Crippen LogP contribution in [0.4, 0.5) is 0 Å². The molecule has 6 heavy (non-hydrogen) atoms. The Labute approximate surface area is 42.0 Å². The molecule has 0 bridgehead atoms. The molecule has 2 nitrogen and oxygen atoms in total. The van der Waals surface area contributed by atoms with Gasteiger partial charge < -0.3 is 10.6 Å². The first-order chi connectivity index (χ1) is 2.27. The van der Waals surface area contributed by atoms with Crippen LogP contribution in [0.5, 0.6) is 0 Å². The monoisotopic (exact) mass is 112 g/mol. The molecule has 0 saturated heterocycles. The molecule has 0 aromatic carbocycles. The van der Waals surface area contributed by atoms with E-state index in [1.165, 1.54) is 0 Å². The van der Waals surface area contributed by atoms with Crippen LogP contribution >= 0.6 is 11.6 Å². The van der Waals surface area contributed by atoms with Crippen molar-refractivity contribution in [2.75, 3.05) is 5.88 Å². The number of rotatable bonds is 1. The molecule has 1 unspecified atom stereocenters. The van der Waals surface area contributed by atoms with Crippen molar-refractivity contribution < 1.29 is 10.6 Å². The second-order valence-electron chi connectivity index (χ2n) is 1.00. The lowest BCUT2D eigenvalue weighted by Gasteiger charge is -1.88. The SMILES string of the molecule is CC(O)CCl.O. The van der Waals surface area contributed by atoms with E-state index in [9.17, 15) is 0 Å². The van der Waals surface area contributed by atoms with Gasteiger partial charge in [-0.25, -0.2) is 0 Å². The molecule has 0 heterocycles. The number of hydrogen-bond acceptors (Lipinski definition) is 1. The van der Waals surface area contributed by atoms with E-state index in [1.807, 2.05) is 0 Å². The van der Waals surface area contributed by atoms with Gasteiger partial charge in [-0.3, -0.25) is 0 Å². The minimum atomic E-state index is -0.350. The van der Waals surface area contributed by atoms with Gasteiger partial charge in [0.05, 0.1) is 6.10 Å². The third-order valence-corrected chi connectivity index (χ3v) is 0.670. The van der Waals surface area contributed by atoms with Crippen molar-refractivity contribution in [3.63, 3.8) is 0 Å². The van der Waals surface area contributed by atoms with Crippen molar-refractivity contribution in [3.05, 3.63) is 0 Å². The first kappa shape index (κ1) is 9.51. The van der Waals surface area contributed by atoms with E-state index < -0.39 is 0 Å². The zero-order valence-corrected chi connectivity index (χ0v) is 4.37. The van der Waals surface area contributed by atoms with Crippen LogP contribution in [0.25, 0.3) is 0 Å². The molecule has 0 aliphatic carbocycles. The van der Waals surface area contributed by atoms with Crippen molar-refractivity contribution in [2.24, 2.45) is 0 Å². The fourth-order valence-corrected chi connectivity index (χ4v) is 0. The summed E-state index contributed by atoms with van der Waals surface area (Å²) in [7, 11) is 0. The van der Waals surface area contributed by atoms with Gasteiger partial charge in [0.1, 0.15) is 0 Å². The predicted octanol–water partition coefficient (Wildman–Crippen LogP) is -0.219. The van der Waals surface area contributed by atoms with Crippen molar-refractivity contribution in [3.8, 4) is 0 Å². The fraction of sp³-hybridized carbons (Fsp3) is 1.00. The van der Waals surface area contributed by atoms with E-state index in [0.717, 1.165) is 0 Å². The Morgan fingerprint density at radius 3 is 2.00 bits per heavy atom.